The van der Waals surface area contributed by atoms with Crippen molar-refractivity contribution in [2.75, 3.05) is 0 Å². The molecule has 0 aromatic rings. The molecule has 0 saturated heterocycles. The molecule has 0 amide bonds. The molecule has 0 atom stereocenters. The fraction of sp³-hybridized carbons (Fsp3) is 0. The molecular weight excluding hydrogens is 207 g/mol. The Kier molecular flexibility index (Phi) is 4.91. The van der Waals surface area contributed by atoms with Gasteiger partial charge in [-0.15, -0.1) is 0 Å². The third kappa shape index (κ3) is 96.3. The van der Waals surface area contributed by atoms with Crippen LogP contribution in [0, 0.1) is 10.2 Å². The van der Waals surface area contributed by atoms with Gasteiger partial charge in [-0.05, 0) is 0 Å². The molecule has 0 aliphatic carbocycles. The van der Waals surface area contributed by atoms with Gasteiger partial charge < -0.3 is 0 Å². The maximum absolute atomic E-state index is 8.60. The van der Waals surface area contributed by atoms with Crippen molar-refractivity contribution in [2.24, 2.45) is 0 Å². The molecule has 6 heavy (non-hydrogen) atoms. The third-order valence-electron chi connectivity index (χ3n) is 0. The van der Waals surface area contributed by atoms with Crippen LogP contribution in [-0.4, -0.2) is 4.66 Å². The number of hydrogen-bond donors (Lipinski definition) is 1. The Labute approximate surface area is 51.6 Å². The van der Waals surface area contributed by atoms with Gasteiger partial charge in [0.25, 0.3) is 0 Å². The van der Waals surface area contributed by atoms with Crippen molar-refractivity contribution in [2.45, 2.75) is 0 Å². The van der Waals surface area contributed by atoms with E-state index in [9.17, 15) is 0 Å². The summed E-state index contributed by atoms with van der Waals surface area (Å²) in [6.07, 6.45) is 0. The van der Waals surface area contributed by atoms with Gasteiger partial charge in [-0.1, -0.05) is 0 Å². The van der Waals surface area contributed by atoms with E-state index in [-0.39, 0.29) is 22.4 Å². The molecule has 0 aliphatic rings. The van der Waals surface area contributed by atoms with E-state index < -0.39 is 10.2 Å². The van der Waals surface area contributed by atoms with E-state index in [4.69, 9.17) is 18.6 Å². The van der Waals surface area contributed by atoms with Crippen LogP contribution in [0.4, 0.5) is 0 Å². The van der Waals surface area contributed by atoms with Crippen LogP contribution in [0.5, 0.6) is 0 Å². The summed E-state index contributed by atoms with van der Waals surface area (Å²) in [6, 6.07) is 0. The van der Waals surface area contributed by atoms with Gasteiger partial charge in [0.2, 0.25) is 0 Å². The monoisotopic (exact) mass is 207 g/mol. The largest absolute Gasteiger partial charge is 0.183 e. The maximum Gasteiger partial charge on any atom is 0.0777 e. The van der Waals surface area contributed by atoms with Crippen LogP contribution in [0.25, 0.3) is 0 Å². The van der Waals surface area contributed by atoms with Crippen molar-refractivity contribution < 1.29 is 51.3 Å². The first kappa shape index (κ1) is 9.98. The van der Waals surface area contributed by atoms with Crippen LogP contribution in [-0.2, 0) is 22.4 Å². The smallest absolute Gasteiger partial charge is 0.0777 e. The standard InChI is InChI=1S/Ag.ClHO4/c;2-1(3,4)5/h;(H,2,3,4,5). The number of hydrogen-bond acceptors (Lipinski definition) is 4. The molecule has 4 nitrogen and oxygen atoms in total. The van der Waals surface area contributed by atoms with Gasteiger partial charge >= 0.3 is 0 Å². The fourth-order valence-corrected chi connectivity index (χ4v) is 0. The summed E-state index contributed by atoms with van der Waals surface area (Å²) in [4.78, 5) is 0. The summed E-state index contributed by atoms with van der Waals surface area (Å²) in [5.74, 6) is 0. The molecule has 43 valence electrons. The van der Waals surface area contributed by atoms with E-state index in [1.54, 1.807) is 0 Å². The van der Waals surface area contributed by atoms with Crippen LogP contribution >= 0.6 is 0 Å². The van der Waals surface area contributed by atoms with Gasteiger partial charge in [0.1, 0.15) is 0 Å². The zero-order chi connectivity index (χ0) is 4.50. The average molecular weight is 208 g/mol. The Bertz CT molecular complexity index is 23.0. The molecule has 0 aromatic heterocycles. The minimum Gasteiger partial charge on any atom is -0.183 e. The molecule has 0 aliphatic heterocycles. The molecule has 0 heterocycles. The molecule has 1 radical (unpaired) electrons. The van der Waals surface area contributed by atoms with Crippen molar-refractivity contribution in [3.05, 3.63) is 0 Å². The predicted octanol–water partition coefficient (Wildman–Crippen LogP) is -4.13. The van der Waals surface area contributed by atoms with Crippen LogP contribution in [0.2, 0.25) is 0 Å². The summed E-state index contributed by atoms with van der Waals surface area (Å²) >= 11 is 0. The van der Waals surface area contributed by atoms with E-state index in [0.717, 1.165) is 0 Å². The molecule has 0 bridgehead atoms. The molecular formula is HAgClO4. The Morgan fingerprint density at radius 3 is 1.17 bits per heavy atom. The van der Waals surface area contributed by atoms with Crippen LogP contribution in [0.1, 0.15) is 0 Å². The zero-order valence-electron chi connectivity index (χ0n) is 2.35. The first-order valence-corrected chi connectivity index (χ1v) is 1.90. The van der Waals surface area contributed by atoms with Crippen LogP contribution in [0.3, 0.4) is 0 Å². The predicted molar refractivity (Wildman–Crippen MR) is 2.22 cm³/mol. The quantitative estimate of drug-likeness (QED) is 0.410. The minimum atomic E-state index is -4.69. The first-order valence-electron chi connectivity index (χ1n) is 0.632. The molecule has 0 saturated carbocycles. The Balaban J connectivity index is 0. The SMILES string of the molecule is [Ag].[O-][Cl+3]([O-])([O-])O. The third-order valence-corrected chi connectivity index (χ3v) is 0. The summed E-state index contributed by atoms with van der Waals surface area (Å²) in [6.45, 7) is 0. The molecule has 1 N–H and O–H groups in total. The van der Waals surface area contributed by atoms with E-state index in [0.29, 0.717) is 0 Å². The van der Waals surface area contributed by atoms with E-state index >= 15 is 0 Å². The summed E-state index contributed by atoms with van der Waals surface area (Å²) in [7, 11) is -4.69. The second-order valence-corrected chi connectivity index (χ2v) is 1.19. The van der Waals surface area contributed by atoms with E-state index in [1.165, 1.54) is 0 Å². The van der Waals surface area contributed by atoms with Crippen LogP contribution in [0.15, 0.2) is 0 Å². The van der Waals surface area contributed by atoms with Gasteiger partial charge in [0.15, 0.2) is 0 Å². The number of halogens is 1. The first-order chi connectivity index (χ1) is 2.00. The minimum absolute atomic E-state index is 0. The molecule has 0 fully saturated rings. The van der Waals surface area contributed by atoms with Crippen molar-refractivity contribution in [3.63, 3.8) is 0 Å². The molecule has 0 aromatic carbocycles. The van der Waals surface area contributed by atoms with Gasteiger partial charge in [0.05, 0.1) is 14.9 Å². The van der Waals surface area contributed by atoms with E-state index in [2.05, 4.69) is 0 Å². The fourth-order valence-electron chi connectivity index (χ4n) is 0. The van der Waals surface area contributed by atoms with Gasteiger partial charge in [-0.2, -0.15) is 14.0 Å². The molecule has 0 rings (SSSR count). The molecule has 6 heteroatoms. The second-order valence-electron chi connectivity index (χ2n) is 0.396. The topological polar surface area (TPSA) is 89.4 Å². The molecule has 0 spiro atoms. The maximum atomic E-state index is 8.60. The van der Waals surface area contributed by atoms with Crippen molar-refractivity contribution in [1.29, 1.82) is 0 Å². The normalized spacial score (nSPS) is 10.0. The second kappa shape index (κ2) is 2.95. The number of rotatable bonds is 0. The Morgan fingerprint density at radius 2 is 1.17 bits per heavy atom. The van der Waals surface area contributed by atoms with Gasteiger partial charge in [-0.25, -0.2) is 0 Å². The van der Waals surface area contributed by atoms with Crippen molar-refractivity contribution in [3.8, 4) is 0 Å². The Morgan fingerprint density at radius 1 is 1.17 bits per heavy atom. The summed E-state index contributed by atoms with van der Waals surface area (Å²) < 4.78 is 32.7. The van der Waals surface area contributed by atoms with Gasteiger partial charge in [0, 0.05) is 22.4 Å². The van der Waals surface area contributed by atoms with Crippen LogP contribution < -0.4 is 14.0 Å². The van der Waals surface area contributed by atoms with Gasteiger partial charge in [-0.3, -0.25) is 0 Å². The Hall–Kier alpha value is 0.870. The average Bonchev–Trinajstić information content (AvgIpc) is 0.722. The zero-order valence-corrected chi connectivity index (χ0v) is 4.59. The van der Waals surface area contributed by atoms with Crippen molar-refractivity contribution in [1.82, 2.24) is 0 Å². The molecule has 0 unspecified atom stereocenters. The summed E-state index contributed by atoms with van der Waals surface area (Å²) in [5, 5.41) is 0. The van der Waals surface area contributed by atoms with E-state index in [1.807, 2.05) is 0 Å². The van der Waals surface area contributed by atoms with Crippen molar-refractivity contribution >= 4 is 0 Å². The summed E-state index contributed by atoms with van der Waals surface area (Å²) in [5.41, 5.74) is 0.